The first-order chi connectivity index (χ1) is 13.8. The molecular formula is C23H24N2O3S. The highest BCUT2D eigenvalue weighted by Crippen LogP contribution is 2.22. The van der Waals surface area contributed by atoms with Crippen LogP contribution in [0.4, 0.5) is 5.69 Å². The predicted octanol–water partition coefficient (Wildman–Crippen LogP) is 4.14. The average Bonchev–Trinajstić information content (AvgIpc) is 2.72. The second-order valence-corrected chi connectivity index (χ2v) is 8.81. The van der Waals surface area contributed by atoms with E-state index in [1.807, 2.05) is 67.6 Å². The van der Waals surface area contributed by atoms with Crippen LogP contribution in [0, 0.1) is 0 Å². The number of carbonyl (C=O) groups excluding carboxylic acids is 1. The molecule has 0 aliphatic heterocycles. The summed E-state index contributed by atoms with van der Waals surface area (Å²) in [4.78, 5) is 12.6. The Hall–Kier alpha value is -3.12. The largest absolute Gasteiger partial charge is 0.346 e. The zero-order valence-electron chi connectivity index (χ0n) is 16.4. The summed E-state index contributed by atoms with van der Waals surface area (Å²) in [6.07, 6.45) is 1.18. The molecule has 1 N–H and O–H groups in total. The van der Waals surface area contributed by atoms with Gasteiger partial charge in [0.25, 0.3) is 5.91 Å². The number of anilines is 1. The minimum Gasteiger partial charge on any atom is -0.346 e. The van der Waals surface area contributed by atoms with Crippen LogP contribution in [0.3, 0.4) is 0 Å². The highest BCUT2D eigenvalue weighted by molar-refractivity contribution is 7.92. The van der Waals surface area contributed by atoms with Crippen LogP contribution in [0.2, 0.25) is 0 Å². The van der Waals surface area contributed by atoms with Gasteiger partial charge in [-0.05, 0) is 42.3 Å². The Labute approximate surface area is 172 Å². The molecule has 5 nitrogen and oxygen atoms in total. The first-order valence-corrected chi connectivity index (χ1v) is 11.2. The topological polar surface area (TPSA) is 66.5 Å². The van der Waals surface area contributed by atoms with Crippen molar-refractivity contribution in [3.05, 3.63) is 102 Å². The average molecular weight is 409 g/mol. The fourth-order valence-electron chi connectivity index (χ4n) is 3.03. The lowest BCUT2D eigenvalue weighted by molar-refractivity contribution is 0.0940. The van der Waals surface area contributed by atoms with Gasteiger partial charge in [-0.1, -0.05) is 60.7 Å². The molecular weight excluding hydrogens is 384 g/mol. The molecule has 1 amide bonds. The summed E-state index contributed by atoms with van der Waals surface area (Å²) in [6.45, 7) is 2.16. The van der Waals surface area contributed by atoms with Gasteiger partial charge < -0.3 is 5.32 Å². The Morgan fingerprint density at radius 2 is 1.45 bits per heavy atom. The van der Waals surface area contributed by atoms with Gasteiger partial charge in [0.1, 0.15) is 0 Å². The molecule has 0 radical (unpaired) electrons. The molecule has 0 aliphatic rings. The number of sulfonamides is 1. The Morgan fingerprint density at radius 1 is 0.897 bits per heavy atom. The molecule has 0 bridgehead atoms. The predicted molar refractivity (Wildman–Crippen MR) is 116 cm³/mol. The van der Waals surface area contributed by atoms with E-state index < -0.39 is 10.0 Å². The van der Waals surface area contributed by atoms with E-state index >= 15 is 0 Å². The molecule has 0 spiro atoms. The van der Waals surface area contributed by atoms with Crippen LogP contribution in [0.15, 0.2) is 84.9 Å². The monoisotopic (exact) mass is 408 g/mol. The van der Waals surface area contributed by atoms with Crippen molar-refractivity contribution in [1.29, 1.82) is 0 Å². The minimum absolute atomic E-state index is 0.131. The van der Waals surface area contributed by atoms with Gasteiger partial charge in [-0.2, -0.15) is 0 Å². The molecule has 0 unspecified atom stereocenters. The van der Waals surface area contributed by atoms with Gasteiger partial charge in [-0.25, -0.2) is 8.42 Å². The summed E-state index contributed by atoms with van der Waals surface area (Å²) < 4.78 is 25.9. The van der Waals surface area contributed by atoms with E-state index in [-0.39, 0.29) is 18.5 Å². The summed E-state index contributed by atoms with van der Waals surface area (Å²) in [5.74, 6) is -0.207. The van der Waals surface area contributed by atoms with Crippen LogP contribution in [0.1, 0.15) is 34.5 Å². The van der Waals surface area contributed by atoms with Gasteiger partial charge in [-0.15, -0.1) is 0 Å². The second kappa shape index (κ2) is 8.92. The summed E-state index contributed by atoms with van der Waals surface area (Å²) >= 11 is 0. The smallest absolute Gasteiger partial charge is 0.251 e. The summed E-state index contributed by atoms with van der Waals surface area (Å²) in [5, 5.41) is 2.96. The van der Waals surface area contributed by atoms with E-state index in [1.165, 1.54) is 10.6 Å². The third-order valence-electron chi connectivity index (χ3n) is 4.63. The van der Waals surface area contributed by atoms with Crippen LogP contribution >= 0.6 is 0 Å². The molecule has 150 valence electrons. The van der Waals surface area contributed by atoms with Crippen molar-refractivity contribution in [1.82, 2.24) is 5.32 Å². The summed E-state index contributed by atoms with van der Waals surface area (Å²) in [7, 11) is -3.47. The SMILES string of the molecule is C[C@H](NC(=O)c1ccc(N(Cc2ccccc2)S(C)(=O)=O)cc1)c1ccccc1. The Balaban J connectivity index is 1.76. The highest BCUT2D eigenvalue weighted by atomic mass is 32.2. The van der Waals surface area contributed by atoms with E-state index in [0.717, 1.165) is 11.1 Å². The molecule has 0 saturated heterocycles. The van der Waals surface area contributed by atoms with E-state index in [0.29, 0.717) is 11.3 Å². The number of nitrogens with zero attached hydrogens (tertiary/aromatic N) is 1. The maximum atomic E-state index is 12.6. The number of hydrogen-bond acceptors (Lipinski definition) is 3. The van der Waals surface area contributed by atoms with E-state index in [2.05, 4.69) is 5.32 Å². The lowest BCUT2D eigenvalue weighted by Gasteiger charge is -2.23. The van der Waals surface area contributed by atoms with Crippen molar-refractivity contribution in [3.63, 3.8) is 0 Å². The van der Waals surface area contributed by atoms with Gasteiger partial charge in [0.15, 0.2) is 0 Å². The molecule has 3 aromatic rings. The molecule has 6 heteroatoms. The lowest BCUT2D eigenvalue weighted by Crippen LogP contribution is -2.29. The number of carbonyl (C=O) groups is 1. The maximum absolute atomic E-state index is 12.6. The fraction of sp³-hybridized carbons (Fsp3) is 0.174. The van der Waals surface area contributed by atoms with Gasteiger partial charge in [0.05, 0.1) is 24.5 Å². The number of rotatable bonds is 7. The zero-order valence-corrected chi connectivity index (χ0v) is 17.3. The molecule has 29 heavy (non-hydrogen) atoms. The van der Waals surface area contributed by atoms with Crippen LogP contribution < -0.4 is 9.62 Å². The lowest BCUT2D eigenvalue weighted by atomic mass is 10.1. The van der Waals surface area contributed by atoms with E-state index in [1.54, 1.807) is 24.3 Å². The maximum Gasteiger partial charge on any atom is 0.251 e. The van der Waals surface area contributed by atoms with Crippen molar-refractivity contribution in [2.24, 2.45) is 0 Å². The number of amides is 1. The molecule has 1 atom stereocenters. The third kappa shape index (κ3) is 5.45. The van der Waals surface area contributed by atoms with E-state index in [9.17, 15) is 13.2 Å². The molecule has 0 aromatic heterocycles. The van der Waals surface area contributed by atoms with Crippen molar-refractivity contribution >= 4 is 21.6 Å². The normalized spacial score (nSPS) is 12.2. The number of nitrogens with one attached hydrogen (secondary N) is 1. The molecule has 0 saturated carbocycles. The molecule has 3 aromatic carbocycles. The Morgan fingerprint density at radius 3 is 2.00 bits per heavy atom. The van der Waals surface area contributed by atoms with Gasteiger partial charge in [0, 0.05) is 5.56 Å². The van der Waals surface area contributed by atoms with Crippen molar-refractivity contribution in [3.8, 4) is 0 Å². The van der Waals surface area contributed by atoms with E-state index in [4.69, 9.17) is 0 Å². The van der Waals surface area contributed by atoms with Crippen molar-refractivity contribution in [2.75, 3.05) is 10.6 Å². The third-order valence-corrected chi connectivity index (χ3v) is 5.77. The van der Waals surface area contributed by atoms with Crippen LogP contribution in [-0.2, 0) is 16.6 Å². The van der Waals surface area contributed by atoms with Crippen molar-refractivity contribution in [2.45, 2.75) is 19.5 Å². The first kappa shape index (κ1) is 20.6. The molecule has 3 rings (SSSR count). The van der Waals surface area contributed by atoms with Gasteiger partial charge >= 0.3 is 0 Å². The second-order valence-electron chi connectivity index (χ2n) is 6.91. The molecule has 0 fully saturated rings. The van der Waals surface area contributed by atoms with Gasteiger partial charge in [-0.3, -0.25) is 9.10 Å². The molecule has 0 aliphatic carbocycles. The standard InChI is InChI=1S/C23H24N2O3S/c1-18(20-11-7-4-8-12-20)24-23(26)21-13-15-22(16-14-21)25(29(2,27)28)17-19-9-5-3-6-10-19/h3-16,18H,17H2,1-2H3,(H,24,26)/t18-/m0/s1. The van der Waals surface area contributed by atoms with Crippen LogP contribution in [0.25, 0.3) is 0 Å². The number of hydrogen-bond donors (Lipinski definition) is 1. The fourth-order valence-corrected chi connectivity index (χ4v) is 3.92. The zero-order chi connectivity index (χ0) is 20.9. The Bertz CT molecular complexity index is 1050. The highest BCUT2D eigenvalue weighted by Gasteiger charge is 2.19. The van der Waals surface area contributed by atoms with Gasteiger partial charge in [0.2, 0.25) is 10.0 Å². The summed E-state index contributed by atoms with van der Waals surface area (Å²) in [6, 6.07) is 25.6. The quantitative estimate of drug-likeness (QED) is 0.639. The number of benzene rings is 3. The first-order valence-electron chi connectivity index (χ1n) is 9.32. The van der Waals surface area contributed by atoms with Crippen LogP contribution in [-0.4, -0.2) is 20.6 Å². The minimum atomic E-state index is -3.47. The Kier molecular flexibility index (Phi) is 6.34. The summed E-state index contributed by atoms with van der Waals surface area (Å²) in [5.41, 5.74) is 2.90. The van der Waals surface area contributed by atoms with Crippen LogP contribution in [0.5, 0.6) is 0 Å². The van der Waals surface area contributed by atoms with Crippen molar-refractivity contribution < 1.29 is 13.2 Å². The molecule has 0 heterocycles.